The van der Waals surface area contributed by atoms with Gasteiger partial charge < -0.3 is 5.32 Å². The number of aromatic nitrogens is 2. The molecule has 2 rings (SSSR count). The lowest BCUT2D eigenvalue weighted by atomic mass is 10.0. The van der Waals surface area contributed by atoms with Crippen LogP contribution in [0.25, 0.3) is 11.3 Å². The smallest absolute Gasteiger partial charge is 0.133 e. The first-order chi connectivity index (χ1) is 8.76. The van der Waals surface area contributed by atoms with Crippen LogP contribution in [-0.2, 0) is 6.42 Å². The van der Waals surface area contributed by atoms with Gasteiger partial charge in [-0.25, -0.2) is 9.97 Å². The Bertz CT molecular complexity index is 540. The van der Waals surface area contributed by atoms with Gasteiger partial charge in [-0.05, 0) is 25.5 Å². The maximum atomic E-state index is 6.03. The molecule has 94 valence electrons. The molecule has 0 saturated carbocycles. The Labute approximate surface area is 112 Å². The predicted molar refractivity (Wildman–Crippen MR) is 76.0 cm³/mol. The van der Waals surface area contributed by atoms with Crippen molar-refractivity contribution in [3.63, 3.8) is 0 Å². The minimum Gasteiger partial charge on any atom is -0.370 e. The third kappa shape index (κ3) is 2.62. The number of rotatable bonds is 4. The van der Waals surface area contributed by atoms with E-state index in [4.69, 9.17) is 11.6 Å². The molecule has 2 aromatic rings. The molecule has 0 aliphatic heterocycles. The second-order valence-corrected chi connectivity index (χ2v) is 4.38. The van der Waals surface area contributed by atoms with Crippen molar-refractivity contribution in [1.82, 2.24) is 9.97 Å². The van der Waals surface area contributed by atoms with E-state index in [0.717, 1.165) is 40.6 Å². The minimum atomic E-state index is 0.721. The summed E-state index contributed by atoms with van der Waals surface area (Å²) < 4.78 is 0. The van der Waals surface area contributed by atoms with Gasteiger partial charge in [0.25, 0.3) is 0 Å². The lowest BCUT2D eigenvalue weighted by Gasteiger charge is -2.12. The maximum Gasteiger partial charge on any atom is 0.133 e. The minimum absolute atomic E-state index is 0.721. The average molecular weight is 262 g/mol. The van der Waals surface area contributed by atoms with E-state index in [0.29, 0.717) is 0 Å². The second-order valence-electron chi connectivity index (χ2n) is 3.94. The fraction of sp³-hybridized carbons (Fsp3) is 0.286. The molecule has 0 saturated heterocycles. The molecule has 3 nitrogen and oxygen atoms in total. The largest absolute Gasteiger partial charge is 0.370 e. The van der Waals surface area contributed by atoms with Gasteiger partial charge in [0.2, 0.25) is 0 Å². The fourth-order valence-electron chi connectivity index (χ4n) is 1.95. The summed E-state index contributed by atoms with van der Waals surface area (Å²) in [5.74, 6) is 0.907. The van der Waals surface area contributed by atoms with Gasteiger partial charge in [0.15, 0.2) is 0 Å². The summed E-state index contributed by atoms with van der Waals surface area (Å²) in [5, 5.41) is 3.99. The number of nitrogens with zero attached hydrogens (tertiary/aromatic N) is 2. The summed E-state index contributed by atoms with van der Waals surface area (Å²) >= 11 is 6.03. The lowest BCUT2D eigenvalue weighted by molar-refractivity contribution is 1.03. The Morgan fingerprint density at radius 3 is 2.72 bits per heavy atom. The molecule has 0 amide bonds. The monoisotopic (exact) mass is 261 g/mol. The lowest BCUT2D eigenvalue weighted by Crippen LogP contribution is -2.05. The topological polar surface area (TPSA) is 37.8 Å². The molecule has 0 aliphatic carbocycles. The van der Waals surface area contributed by atoms with Crippen molar-refractivity contribution in [2.24, 2.45) is 0 Å². The quantitative estimate of drug-likeness (QED) is 0.910. The summed E-state index contributed by atoms with van der Waals surface area (Å²) in [4.78, 5) is 8.69. The van der Waals surface area contributed by atoms with Crippen LogP contribution in [-0.4, -0.2) is 16.5 Å². The van der Waals surface area contributed by atoms with Crippen molar-refractivity contribution in [2.45, 2.75) is 20.3 Å². The molecule has 0 unspecified atom stereocenters. The number of benzene rings is 1. The number of hydrogen-bond acceptors (Lipinski definition) is 3. The van der Waals surface area contributed by atoms with Crippen LogP contribution in [0.15, 0.2) is 30.6 Å². The van der Waals surface area contributed by atoms with Gasteiger partial charge in [0, 0.05) is 22.7 Å². The Morgan fingerprint density at radius 2 is 2.06 bits per heavy atom. The molecule has 0 bridgehead atoms. The van der Waals surface area contributed by atoms with Crippen molar-refractivity contribution in [1.29, 1.82) is 0 Å². The highest BCUT2D eigenvalue weighted by molar-refractivity contribution is 6.30. The van der Waals surface area contributed by atoms with Gasteiger partial charge in [-0.1, -0.05) is 30.7 Å². The highest BCUT2D eigenvalue weighted by Crippen LogP contribution is 2.27. The zero-order valence-corrected chi connectivity index (χ0v) is 11.3. The van der Waals surface area contributed by atoms with E-state index in [1.54, 1.807) is 6.33 Å². The SMILES string of the molecule is CCNc1ncnc(-c2cccc(Cl)c2)c1CC. The third-order valence-corrected chi connectivity index (χ3v) is 2.98. The van der Waals surface area contributed by atoms with E-state index >= 15 is 0 Å². The molecule has 18 heavy (non-hydrogen) atoms. The molecule has 0 atom stereocenters. The van der Waals surface area contributed by atoms with Crippen LogP contribution in [0.2, 0.25) is 5.02 Å². The summed E-state index contributed by atoms with van der Waals surface area (Å²) in [6.45, 7) is 5.01. The number of hydrogen-bond donors (Lipinski definition) is 1. The van der Waals surface area contributed by atoms with E-state index in [-0.39, 0.29) is 0 Å². The van der Waals surface area contributed by atoms with E-state index in [2.05, 4.69) is 29.1 Å². The van der Waals surface area contributed by atoms with Crippen LogP contribution in [0, 0.1) is 0 Å². The van der Waals surface area contributed by atoms with Gasteiger partial charge >= 0.3 is 0 Å². The Hall–Kier alpha value is -1.61. The molecular formula is C14H16ClN3. The molecule has 0 radical (unpaired) electrons. The highest BCUT2D eigenvalue weighted by atomic mass is 35.5. The molecule has 0 fully saturated rings. The Kier molecular flexibility index (Phi) is 4.15. The molecule has 1 heterocycles. The van der Waals surface area contributed by atoms with Crippen LogP contribution in [0.3, 0.4) is 0 Å². The van der Waals surface area contributed by atoms with Crippen LogP contribution < -0.4 is 5.32 Å². The van der Waals surface area contributed by atoms with E-state index in [9.17, 15) is 0 Å². The van der Waals surface area contributed by atoms with Crippen molar-refractivity contribution >= 4 is 17.4 Å². The van der Waals surface area contributed by atoms with Gasteiger partial charge in [-0.2, -0.15) is 0 Å². The summed E-state index contributed by atoms with van der Waals surface area (Å²) in [6, 6.07) is 7.75. The predicted octanol–water partition coefficient (Wildman–Crippen LogP) is 3.79. The zero-order valence-electron chi connectivity index (χ0n) is 10.6. The van der Waals surface area contributed by atoms with Crippen LogP contribution in [0.5, 0.6) is 0 Å². The highest BCUT2D eigenvalue weighted by Gasteiger charge is 2.11. The van der Waals surface area contributed by atoms with Crippen LogP contribution >= 0.6 is 11.6 Å². The van der Waals surface area contributed by atoms with Crippen LogP contribution in [0.1, 0.15) is 19.4 Å². The number of anilines is 1. The van der Waals surface area contributed by atoms with Gasteiger partial charge in [0.1, 0.15) is 12.1 Å². The van der Waals surface area contributed by atoms with Gasteiger partial charge in [0.05, 0.1) is 5.69 Å². The average Bonchev–Trinajstić information content (AvgIpc) is 2.39. The third-order valence-electron chi connectivity index (χ3n) is 2.74. The van der Waals surface area contributed by atoms with Gasteiger partial charge in [-0.3, -0.25) is 0 Å². The zero-order chi connectivity index (χ0) is 13.0. The first kappa shape index (κ1) is 12.8. The molecule has 0 spiro atoms. The molecule has 0 aliphatic rings. The number of halogens is 1. The van der Waals surface area contributed by atoms with E-state index < -0.39 is 0 Å². The molecule has 1 aromatic heterocycles. The molecule has 1 aromatic carbocycles. The van der Waals surface area contributed by atoms with E-state index in [1.807, 2.05) is 24.3 Å². The fourth-order valence-corrected chi connectivity index (χ4v) is 2.14. The van der Waals surface area contributed by atoms with Crippen molar-refractivity contribution in [3.8, 4) is 11.3 Å². The van der Waals surface area contributed by atoms with E-state index in [1.165, 1.54) is 0 Å². The summed E-state index contributed by atoms with van der Waals surface area (Å²) in [7, 11) is 0. The molecule has 4 heteroatoms. The maximum absolute atomic E-state index is 6.03. The van der Waals surface area contributed by atoms with Crippen molar-refractivity contribution < 1.29 is 0 Å². The van der Waals surface area contributed by atoms with Crippen molar-refractivity contribution in [3.05, 3.63) is 41.2 Å². The summed E-state index contributed by atoms with van der Waals surface area (Å²) in [6.07, 6.45) is 2.47. The number of nitrogens with one attached hydrogen (secondary N) is 1. The Balaban J connectivity index is 2.53. The first-order valence-corrected chi connectivity index (χ1v) is 6.47. The standard InChI is InChI=1S/C14H16ClN3/c1-3-12-13(10-6-5-7-11(15)8-10)17-9-18-14(12)16-4-2/h5-9H,3-4H2,1-2H3,(H,16,17,18). The Morgan fingerprint density at radius 1 is 1.22 bits per heavy atom. The normalized spacial score (nSPS) is 10.4. The first-order valence-electron chi connectivity index (χ1n) is 6.10. The van der Waals surface area contributed by atoms with Crippen LogP contribution in [0.4, 0.5) is 5.82 Å². The second kappa shape index (κ2) is 5.83. The molecular weight excluding hydrogens is 246 g/mol. The summed E-state index contributed by atoms with van der Waals surface area (Å²) in [5.41, 5.74) is 3.11. The molecule has 1 N–H and O–H groups in total. The van der Waals surface area contributed by atoms with Crippen molar-refractivity contribution in [2.75, 3.05) is 11.9 Å². The van der Waals surface area contributed by atoms with Gasteiger partial charge in [-0.15, -0.1) is 0 Å².